The summed E-state index contributed by atoms with van der Waals surface area (Å²) < 4.78 is 1.25. The molecule has 0 aliphatic heterocycles. The number of rotatable bonds is 0. The summed E-state index contributed by atoms with van der Waals surface area (Å²) in [5, 5.41) is 0. The average molecular weight is 476 g/mol. The molecule has 2 aromatic carbocycles. The predicted molar refractivity (Wildman–Crippen MR) is 88.8 cm³/mol. The van der Waals surface area contributed by atoms with E-state index >= 15 is 0 Å². The third-order valence-electron chi connectivity index (χ3n) is 3.08. The fraction of sp³-hybridized carbons (Fsp3) is 0.353. The fourth-order valence-electron chi connectivity index (χ4n) is 1.93. The van der Waals surface area contributed by atoms with Gasteiger partial charge in [-0.25, -0.2) is 18.2 Å². The van der Waals surface area contributed by atoms with Crippen molar-refractivity contribution in [3.63, 3.8) is 0 Å². The molecule has 0 fully saturated rings. The third kappa shape index (κ3) is 7.71. The van der Waals surface area contributed by atoms with E-state index in [9.17, 15) is 0 Å². The standard InChI is InChI=1S/C9H11.C5H5.C3H6.2ClH.Hf/c1-2-5-9-7-3-6-8(9)4-1;1-2-4-5-3-1;1-3-2;;;/h3,6-7H,1-2,4-5H2;1-5H;1-2H3;2*1H;/q2*-1;;;;+2/p-2. The molecule has 20 heavy (non-hydrogen) atoms. The Morgan fingerprint density at radius 2 is 1.65 bits per heavy atom. The predicted octanol–water partition coefficient (Wildman–Crippen LogP) is 5.81. The first-order valence-corrected chi connectivity index (χ1v) is 17.7. The molecule has 0 saturated heterocycles. The number of halogens is 2. The van der Waals surface area contributed by atoms with Crippen molar-refractivity contribution in [2.75, 3.05) is 0 Å². The molecule has 0 aromatic heterocycles. The van der Waals surface area contributed by atoms with Crippen molar-refractivity contribution in [1.29, 1.82) is 0 Å². The zero-order chi connectivity index (χ0) is 14.8. The van der Waals surface area contributed by atoms with Gasteiger partial charge in [-0.15, -0.1) is 0 Å². The van der Waals surface area contributed by atoms with Gasteiger partial charge in [0.05, 0.1) is 0 Å². The summed E-state index contributed by atoms with van der Waals surface area (Å²) in [6.07, 6.45) is 5.44. The van der Waals surface area contributed by atoms with E-state index in [2.05, 4.69) is 18.2 Å². The van der Waals surface area contributed by atoms with Gasteiger partial charge >= 0.3 is 52.8 Å². The molecule has 0 spiro atoms. The first-order valence-electron chi connectivity index (χ1n) is 7.00. The zero-order valence-electron chi connectivity index (χ0n) is 12.2. The normalized spacial score (nSPS) is 12.2. The average Bonchev–Trinajstić information content (AvgIpc) is 3.14. The minimum Gasteiger partial charge on any atom is -0.214 e. The molecule has 0 bridgehead atoms. The van der Waals surface area contributed by atoms with Crippen molar-refractivity contribution in [2.45, 2.75) is 39.5 Å². The summed E-state index contributed by atoms with van der Waals surface area (Å²) >= 11 is -1.97. The van der Waals surface area contributed by atoms with Crippen LogP contribution in [0.5, 0.6) is 0 Å². The number of hydrogen-bond donors (Lipinski definition) is 0. The Morgan fingerprint density at radius 3 is 2.10 bits per heavy atom. The summed E-state index contributed by atoms with van der Waals surface area (Å²) in [5.74, 6) is 0. The maximum Gasteiger partial charge on any atom is -0.0512 e. The maximum atomic E-state index is 5.55. The molecule has 1 aliphatic carbocycles. The molecule has 110 valence electrons. The molecule has 0 atom stereocenters. The molecular formula is C17H22Cl2Hf-2. The molecule has 0 saturated carbocycles. The molecule has 0 nitrogen and oxygen atoms in total. The zero-order valence-corrected chi connectivity index (χ0v) is 17.3. The van der Waals surface area contributed by atoms with Crippen molar-refractivity contribution in [1.82, 2.24) is 0 Å². The molecule has 0 N–H and O–H groups in total. The molecule has 1 aliphatic rings. The summed E-state index contributed by atoms with van der Waals surface area (Å²) in [5.41, 5.74) is 3.20. The van der Waals surface area contributed by atoms with Crippen molar-refractivity contribution in [3.8, 4) is 0 Å². The van der Waals surface area contributed by atoms with Crippen LogP contribution in [0.3, 0.4) is 0 Å². The monoisotopic (exact) mass is 476 g/mol. The minimum atomic E-state index is -1.97. The number of hydrogen-bond acceptors (Lipinski definition) is 0. The van der Waals surface area contributed by atoms with Crippen LogP contribution in [0.15, 0.2) is 48.5 Å². The molecule has 0 amide bonds. The first-order chi connectivity index (χ1) is 9.61. The van der Waals surface area contributed by atoms with Crippen molar-refractivity contribution >= 4 is 20.4 Å². The van der Waals surface area contributed by atoms with E-state index in [0.717, 1.165) is 0 Å². The summed E-state index contributed by atoms with van der Waals surface area (Å²) in [7, 11) is 11.1. The summed E-state index contributed by atoms with van der Waals surface area (Å²) in [6.45, 7) is 3.98. The topological polar surface area (TPSA) is 0 Å². The molecular weight excluding hydrogens is 454 g/mol. The second kappa shape index (κ2) is 10.7. The Morgan fingerprint density at radius 1 is 1.05 bits per heavy atom. The number of fused-ring (bicyclic) bond motifs is 1. The first kappa shape index (κ1) is 18.1. The van der Waals surface area contributed by atoms with Gasteiger partial charge in [-0.05, 0) is 0 Å². The Labute approximate surface area is 137 Å². The number of aryl methyl sites for hydroxylation is 2. The van der Waals surface area contributed by atoms with Crippen LogP contribution in [0, 0.1) is 0 Å². The van der Waals surface area contributed by atoms with Crippen LogP contribution >= 0.6 is 17.2 Å². The van der Waals surface area contributed by atoms with Crippen LogP contribution in [0.25, 0.3) is 0 Å². The van der Waals surface area contributed by atoms with Crippen molar-refractivity contribution in [3.05, 3.63) is 59.7 Å². The molecule has 0 radical (unpaired) electrons. The third-order valence-corrected chi connectivity index (χ3v) is 12.0. The van der Waals surface area contributed by atoms with Crippen molar-refractivity contribution in [2.24, 2.45) is 0 Å². The molecule has 0 heterocycles. The Hall–Kier alpha value is 0.0201. The van der Waals surface area contributed by atoms with E-state index in [-0.39, 0.29) is 0 Å². The van der Waals surface area contributed by atoms with Gasteiger partial charge < -0.3 is 0 Å². The minimum absolute atomic E-state index is 1.25. The van der Waals surface area contributed by atoms with E-state index < -0.39 is 18.6 Å². The van der Waals surface area contributed by atoms with Crippen LogP contribution in [0.1, 0.15) is 37.8 Å². The largest absolute Gasteiger partial charge is 0.214 e. The van der Waals surface area contributed by atoms with Crippen LogP contribution in [-0.4, -0.2) is 3.26 Å². The molecule has 3 rings (SSSR count). The molecule has 3 heteroatoms. The second-order valence-corrected chi connectivity index (χ2v) is 18.2. The van der Waals surface area contributed by atoms with Gasteiger partial charge in [-0.2, -0.15) is 41.5 Å². The molecule has 0 unspecified atom stereocenters. The fourth-order valence-corrected chi connectivity index (χ4v) is 1.93. The van der Waals surface area contributed by atoms with Gasteiger partial charge in [0.15, 0.2) is 0 Å². The smallest absolute Gasteiger partial charge is 0.0512 e. The van der Waals surface area contributed by atoms with E-state index in [1.54, 1.807) is 11.1 Å². The SMILES string of the molecule is C[C](C)=[Hf]([Cl])[Cl].c1cc2c([cH-]1)CCCC2.c1cc[cH-]c1. The van der Waals surface area contributed by atoms with Crippen LogP contribution in [-0.2, 0) is 31.4 Å². The second-order valence-electron chi connectivity index (χ2n) is 5.01. The van der Waals surface area contributed by atoms with E-state index in [4.69, 9.17) is 17.2 Å². The van der Waals surface area contributed by atoms with Gasteiger partial charge in [0.25, 0.3) is 0 Å². The van der Waals surface area contributed by atoms with Gasteiger partial charge in [-0.3, -0.25) is 0 Å². The van der Waals surface area contributed by atoms with Crippen LogP contribution in [0.2, 0.25) is 0 Å². The van der Waals surface area contributed by atoms with Gasteiger partial charge in [-0.1, -0.05) is 25.7 Å². The van der Waals surface area contributed by atoms with Crippen LogP contribution in [0.4, 0.5) is 0 Å². The quantitative estimate of drug-likeness (QED) is 0.333. The summed E-state index contributed by atoms with van der Waals surface area (Å²) in [6, 6.07) is 16.7. The summed E-state index contributed by atoms with van der Waals surface area (Å²) in [4.78, 5) is 0. The van der Waals surface area contributed by atoms with Gasteiger partial charge in [0, 0.05) is 0 Å². The van der Waals surface area contributed by atoms with Gasteiger partial charge in [0.2, 0.25) is 0 Å². The van der Waals surface area contributed by atoms with Gasteiger partial charge in [0.1, 0.15) is 0 Å². The van der Waals surface area contributed by atoms with E-state index in [1.165, 1.54) is 28.9 Å². The van der Waals surface area contributed by atoms with E-state index in [0.29, 0.717) is 0 Å². The Balaban J connectivity index is 0.000000160. The van der Waals surface area contributed by atoms with Crippen molar-refractivity contribution < 1.29 is 18.6 Å². The molecule has 2 aromatic rings. The maximum absolute atomic E-state index is 5.55. The Kier molecular flexibility index (Phi) is 9.67. The Bertz CT molecular complexity index is 439. The van der Waals surface area contributed by atoms with E-state index in [1.807, 2.05) is 44.2 Å². The van der Waals surface area contributed by atoms with Crippen LogP contribution < -0.4 is 0 Å².